The summed E-state index contributed by atoms with van der Waals surface area (Å²) in [4.78, 5) is 12.5. The predicted octanol–water partition coefficient (Wildman–Crippen LogP) is 2.86. The van der Waals surface area contributed by atoms with Crippen LogP contribution < -0.4 is 24.3 Å². The summed E-state index contributed by atoms with van der Waals surface area (Å²) < 4.78 is 23.0. The number of hydrogen-bond donors (Lipinski definition) is 1. The van der Waals surface area contributed by atoms with Crippen LogP contribution in [0.5, 0.6) is 23.0 Å². The van der Waals surface area contributed by atoms with Crippen LogP contribution in [0.3, 0.4) is 0 Å². The van der Waals surface area contributed by atoms with Gasteiger partial charge in [0.25, 0.3) is 5.91 Å². The van der Waals surface area contributed by atoms with Crippen LogP contribution in [0.15, 0.2) is 36.4 Å². The minimum absolute atomic E-state index is 0.159. The summed E-state index contributed by atoms with van der Waals surface area (Å²) in [6, 6.07) is 11.3. The van der Waals surface area contributed by atoms with Crippen LogP contribution in [0.1, 0.15) is 25.0 Å². The minimum atomic E-state index is -0.679. The molecule has 27 heavy (non-hydrogen) atoms. The van der Waals surface area contributed by atoms with Crippen molar-refractivity contribution in [3.05, 3.63) is 47.5 Å². The molecule has 0 unspecified atom stereocenters. The highest BCUT2D eigenvalue weighted by molar-refractivity contribution is 5.81. The fourth-order valence-electron chi connectivity index (χ4n) is 3.35. The van der Waals surface area contributed by atoms with Gasteiger partial charge in [-0.3, -0.25) is 4.79 Å². The molecule has 142 valence electrons. The van der Waals surface area contributed by atoms with Crippen molar-refractivity contribution in [2.24, 2.45) is 0 Å². The van der Waals surface area contributed by atoms with Crippen molar-refractivity contribution in [2.45, 2.75) is 39.0 Å². The first-order chi connectivity index (χ1) is 13.1. The van der Waals surface area contributed by atoms with E-state index in [9.17, 15) is 4.79 Å². The fourth-order valence-corrected chi connectivity index (χ4v) is 3.35. The second-order valence-electron chi connectivity index (χ2n) is 6.72. The van der Waals surface area contributed by atoms with Crippen LogP contribution in [0.2, 0.25) is 0 Å². The number of nitrogens with one attached hydrogen (secondary N) is 1. The van der Waals surface area contributed by atoms with E-state index < -0.39 is 6.10 Å². The molecule has 0 spiro atoms. The highest BCUT2D eigenvalue weighted by Crippen LogP contribution is 2.35. The zero-order valence-electron chi connectivity index (χ0n) is 15.5. The predicted molar refractivity (Wildman–Crippen MR) is 99.6 cm³/mol. The molecule has 1 amide bonds. The lowest BCUT2D eigenvalue weighted by atomic mass is 10.1. The van der Waals surface area contributed by atoms with Gasteiger partial charge in [-0.1, -0.05) is 12.1 Å². The lowest BCUT2D eigenvalue weighted by molar-refractivity contribution is -0.130. The molecule has 4 rings (SSSR count). The largest absolute Gasteiger partial charge is 0.494 e. The number of rotatable bonds is 5. The van der Waals surface area contributed by atoms with Crippen molar-refractivity contribution in [1.82, 2.24) is 5.32 Å². The van der Waals surface area contributed by atoms with Gasteiger partial charge < -0.3 is 24.3 Å². The lowest BCUT2D eigenvalue weighted by Gasteiger charge is -2.25. The molecule has 6 heteroatoms. The number of carbonyl (C=O) groups excluding carboxylic acids is 1. The molecule has 2 aromatic rings. The number of ether oxygens (including phenoxy) is 4. The highest BCUT2D eigenvalue weighted by Gasteiger charge is 2.28. The van der Waals surface area contributed by atoms with Gasteiger partial charge in [-0.05, 0) is 38.1 Å². The molecular formula is C21H23NO5. The Labute approximate surface area is 158 Å². The first kappa shape index (κ1) is 17.5. The Kier molecular flexibility index (Phi) is 4.79. The molecule has 2 aromatic carbocycles. The van der Waals surface area contributed by atoms with Crippen molar-refractivity contribution in [1.29, 1.82) is 0 Å². The maximum Gasteiger partial charge on any atom is 0.264 e. The smallest absolute Gasteiger partial charge is 0.264 e. The van der Waals surface area contributed by atoms with Crippen LogP contribution in [0.4, 0.5) is 0 Å². The molecule has 6 nitrogen and oxygen atoms in total. The minimum Gasteiger partial charge on any atom is -0.494 e. The number of benzene rings is 2. The average molecular weight is 369 g/mol. The number of para-hydroxylation sites is 2. The monoisotopic (exact) mass is 369 g/mol. The van der Waals surface area contributed by atoms with Crippen LogP contribution in [0, 0.1) is 0 Å². The summed E-state index contributed by atoms with van der Waals surface area (Å²) in [5, 5.41) is 2.92. The van der Waals surface area contributed by atoms with Crippen LogP contribution >= 0.6 is 0 Å². The third-order valence-electron chi connectivity index (χ3n) is 4.63. The quantitative estimate of drug-likeness (QED) is 0.878. The van der Waals surface area contributed by atoms with Crippen molar-refractivity contribution in [3.63, 3.8) is 0 Å². The van der Waals surface area contributed by atoms with E-state index >= 15 is 0 Å². The van der Waals surface area contributed by atoms with Gasteiger partial charge in [0.05, 0.1) is 6.61 Å². The summed E-state index contributed by atoms with van der Waals surface area (Å²) in [6.45, 7) is 5.07. The van der Waals surface area contributed by atoms with Gasteiger partial charge in [0.2, 0.25) is 6.10 Å². The summed E-state index contributed by atoms with van der Waals surface area (Å²) in [5.41, 5.74) is 2.02. The third kappa shape index (κ3) is 3.65. The Hall–Kier alpha value is -2.89. The standard InChI is InChI=1S/C21H23NO5/c1-3-24-18-9-14-8-13(2)26-19(14)10-15(18)11-22-21(23)20-12-25-16-6-4-5-7-17(16)27-20/h4-7,9-10,13,20H,3,8,11-12H2,1-2H3,(H,22,23)/t13-,20-/m1/s1. The van der Waals surface area contributed by atoms with E-state index in [1.807, 2.05) is 44.2 Å². The van der Waals surface area contributed by atoms with E-state index in [1.54, 1.807) is 6.07 Å². The molecule has 0 aromatic heterocycles. The number of carbonyl (C=O) groups is 1. The first-order valence-corrected chi connectivity index (χ1v) is 9.25. The molecule has 0 saturated carbocycles. The Morgan fingerprint density at radius 2 is 2.00 bits per heavy atom. The molecule has 2 aliphatic heterocycles. The molecule has 0 fully saturated rings. The van der Waals surface area contributed by atoms with Gasteiger partial charge in [0.1, 0.15) is 24.2 Å². The van der Waals surface area contributed by atoms with Crippen LogP contribution in [-0.4, -0.2) is 31.3 Å². The normalized spacial score (nSPS) is 19.8. The molecule has 0 saturated heterocycles. The molecule has 0 aliphatic carbocycles. The second kappa shape index (κ2) is 7.39. The molecule has 0 bridgehead atoms. The Bertz CT molecular complexity index is 850. The van der Waals surface area contributed by atoms with Crippen molar-refractivity contribution < 1.29 is 23.7 Å². The van der Waals surface area contributed by atoms with Gasteiger partial charge in [0, 0.05) is 24.1 Å². The number of hydrogen-bond acceptors (Lipinski definition) is 5. The second-order valence-corrected chi connectivity index (χ2v) is 6.72. The lowest BCUT2D eigenvalue weighted by Crippen LogP contribution is -2.43. The van der Waals surface area contributed by atoms with Crippen molar-refractivity contribution in [2.75, 3.05) is 13.2 Å². The molecular weight excluding hydrogens is 346 g/mol. The van der Waals surface area contributed by atoms with E-state index in [2.05, 4.69) is 5.32 Å². The Morgan fingerprint density at radius 1 is 1.19 bits per heavy atom. The van der Waals surface area contributed by atoms with Crippen LogP contribution in [-0.2, 0) is 17.8 Å². The van der Waals surface area contributed by atoms with E-state index in [-0.39, 0.29) is 18.6 Å². The zero-order chi connectivity index (χ0) is 18.8. The SMILES string of the molecule is CCOc1cc2c(cc1CNC(=O)[C@H]1COc3ccccc3O1)O[C@H](C)C2. The number of amides is 1. The van der Waals surface area contributed by atoms with E-state index in [4.69, 9.17) is 18.9 Å². The van der Waals surface area contributed by atoms with Gasteiger partial charge in [-0.2, -0.15) is 0 Å². The summed E-state index contributed by atoms with van der Waals surface area (Å²) >= 11 is 0. The van der Waals surface area contributed by atoms with Gasteiger partial charge >= 0.3 is 0 Å². The molecule has 2 atom stereocenters. The number of fused-ring (bicyclic) bond motifs is 2. The van der Waals surface area contributed by atoms with Crippen molar-refractivity contribution >= 4 is 5.91 Å². The van der Waals surface area contributed by atoms with Gasteiger partial charge in [0.15, 0.2) is 11.5 Å². The Balaban J connectivity index is 1.44. The molecule has 2 aliphatic rings. The maximum atomic E-state index is 12.5. The average Bonchev–Trinajstić information content (AvgIpc) is 3.04. The summed E-state index contributed by atoms with van der Waals surface area (Å²) in [7, 11) is 0. The summed E-state index contributed by atoms with van der Waals surface area (Å²) in [6.07, 6.45) is 0.350. The topological polar surface area (TPSA) is 66.0 Å². The fraction of sp³-hybridized carbons (Fsp3) is 0.381. The third-order valence-corrected chi connectivity index (χ3v) is 4.63. The van der Waals surface area contributed by atoms with E-state index in [0.717, 1.165) is 29.0 Å². The van der Waals surface area contributed by atoms with Gasteiger partial charge in [-0.25, -0.2) is 0 Å². The van der Waals surface area contributed by atoms with Crippen LogP contribution in [0.25, 0.3) is 0 Å². The molecule has 0 radical (unpaired) electrons. The maximum absolute atomic E-state index is 12.5. The Morgan fingerprint density at radius 3 is 2.81 bits per heavy atom. The van der Waals surface area contributed by atoms with E-state index in [1.165, 1.54) is 0 Å². The van der Waals surface area contributed by atoms with E-state index in [0.29, 0.717) is 24.7 Å². The van der Waals surface area contributed by atoms with Crippen molar-refractivity contribution in [3.8, 4) is 23.0 Å². The first-order valence-electron chi connectivity index (χ1n) is 9.25. The highest BCUT2D eigenvalue weighted by atomic mass is 16.6. The summed E-state index contributed by atoms with van der Waals surface area (Å²) in [5.74, 6) is 2.66. The van der Waals surface area contributed by atoms with Gasteiger partial charge in [-0.15, -0.1) is 0 Å². The zero-order valence-corrected chi connectivity index (χ0v) is 15.5. The molecule has 1 N–H and O–H groups in total. The molecule has 2 heterocycles.